The SMILES string of the molecule is CCN(CC(C)(C)O)c1cc(C)nc(C)c1CN. The van der Waals surface area contributed by atoms with Gasteiger partial charge in [-0.25, -0.2) is 0 Å². The van der Waals surface area contributed by atoms with Gasteiger partial charge in [0.1, 0.15) is 0 Å². The van der Waals surface area contributed by atoms with E-state index >= 15 is 0 Å². The summed E-state index contributed by atoms with van der Waals surface area (Å²) >= 11 is 0. The molecule has 0 bridgehead atoms. The molecule has 1 rings (SSSR count). The quantitative estimate of drug-likeness (QED) is 0.837. The first kappa shape index (κ1) is 14.9. The molecule has 18 heavy (non-hydrogen) atoms. The molecule has 0 aliphatic heterocycles. The van der Waals surface area contributed by atoms with Gasteiger partial charge in [0, 0.05) is 42.3 Å². The first-order chi connectivity index (χ1) is 8.28. The molecule has 0 aliphatic rings. The average molecular weight is 251 g/mol. The monoisotopic (exact) mass is 251 g/mol. The zero-order valence-corrected chi connectivity index (χ0v) is 12.1. The van der Waals surface area contributed by atoms with Gasteiger partial charge in [-0.15, -0.1) is 0 Å². The number of likely N-dealkylation sites (N-methyl/N-ethyl adjacent to an activating group) is 1. The molecule has 0 aliphatic carbocycles. The van der Waals surface area contributed by atoms with Gasteiger partial charge in [-0.05, 0) is 40.7 Å². The van der Waals surface area contributed by atoms with Crippen molar-refractivity contribution in [3.8, 4) is 0 Å². The molecule has 0 unspecified atom stereocenters. The van der Waals surface area contributed by atoms with E-state index in [9.17, 15) is 5.11 Å². The Labute approximate surface area is 110 Å². The molecule has 1 aromatic heterocycles. The molecule has 0 amide bonds. The van der Waals surface area contributed by atoms with Crippen LogP contribution in [-0.2, 0) is 6.54 Å². The van der Waals surface area contributed by atoms with Gasteiger partial charge in [-0.3, -0.25) is 4.98 Å². The van der Waals surface area contributed by atoms with Crippen molar-refractivity contribution in [2.45, 2.75) is 46.8 Å². The van der Waals surface area contributed by atoms with Crippen molar-refractivity contribution < 1.29 is 5.11 Å². The Balaban J connectivity index is 3.19. The van der Waals surface area contributed by atoms with Crippen LogP contribution in [0.1, 0.15) is 37.7 Å². The second-order valence-corrected chi connectivity index (χ2v) is 5.38. The number of aliphatic hydroxyl groups is 1. The number of rotatable bonds is 5. The number of nitrogens with two attached hydrogens (primary N) is 1. The fourth-order valence-electron chi connectivity index (χ4n) is 2.20. The number of anilines is 1. The number of nitrogens with zero attached hydrogens (tertiary/aromatic N) is 2. The molecule has 0 radical (unpaired) electrons. The predicted octanol–water partition coefficient (Wildman–Crippen LogP) is 1.75. The molecule has 0 spiro atoms. The van der Waals surface area contributed by atoms with Crippen molar-refractivity contribution in [1.29, 1.82) is 0 Å². The fourth-order valence-corrected chi connectivity index (χ4v) is 2.20. The van der Waals surface area contributed by atoms with Crippen LogP contribution in [0.3, 0.4) is 0 Å². The van der Waals surface area contributed by atoms with Crippen LogP contribution in [0.2, 0.25) is 0 Å². The molecule has 0 aromatic carbocycles. The number of hydrogen-bond acceptors (Lipinski definition) is 4. The van der Waals surface area contributed by atoms with E-state index in [1.54, 1.807) is 0 Å². The minimum atomic E-state index is -0.729. The smallest absolute Gasteiger partial charge is 0.0765 e. The van der Waals surface area contributed by atoms with E-state index in [1.165, 1.54) is 0 Å². The third-order valence-electron chi connectivity index (χ3n) is 2.94. The lowest BCUT2D eigenvalue weighted by molar-refractivity contribution is 0.0875. The van der Waals surface area contributed by atoms with E-state index in [4.69, 9.17) is 5.73 Å². The van der Waals surface area contributed by atoms with E-state index in [0.29, 0.717) is 13.1 Å². The number of hydrogen-bond donors (Lipinski definition) is 2. The minimum absolute atomic E-state index is 0.469. The first-order valence-corrected chi connectivity index (χ1v) is 6.43. The van der Waals surface area contributed by atoms with Crippen molar-refractivity contribution in [3.63, 3.8) is 0 Å². The third kappa shape index (κ3) is 3.68. The van der Waals surface area contributed by atoms with Crippen molar-refractivity contribution in [1.82, 2.24) is 4.98 Å². The predicted molar refractivity (Wildman–Crippen MR) is 75.8 cm³/mol. The van der Waals surface area contributed by atoms with Crippen molar-refractivity contribution in [2.75, 3.05) is 18.0 Å². The topological polar surface area (TPSA) is 62.4 Å². The van der Waals surface area contributed by atoms with Crippen LogP contribution in [0.25, 0.3) is 0 Å². The summed E-state index contributed by atoms with van der Waals surface area (Å²) in [6.45, 7) is 11.6. The normalized spacial score (nSPS) is 11.7. The molecule has 4 heteroatoms. The van der Waals surface area contributed by atoms with Crippen LogP contribution >= 0.6 is 0 Å². The van der Waals surface area contributed by atoms with Gasteiger partial charge >= 0.3 is 0 Å². The van der Waals surface area contributed by atoms with Gasteiger partial charge in [-0.2, -0.15) is 0 Å². The molecule has 0 saturated carbocycles. The zero-order valence-electron chi connectivity index (χ0n) is 12.1. The zero-order chi connectivity index (χ0) is 13.9. The van der Waals surface area contributed by atoms with E-state index < -0.39 is 5.60 Å². The maximum atomic E-state index is 9.99. The van der Waals surface area contributed by atoms with Crippen LogP contribution in [0, 0.1) is 13.8 Å². The summed E-state index contributed by atoms with van der Waals surface area (Å²) in [6, 6.07) is 2.05. The van der Waals surface area contributed by atoms with E-state index in [-0.39, 0.29) is 0 Å². The highest BCUT2D eigenvalue weighted by molar-refractivity contribution is 5.56. The lowest BCUT2D eigenvalue weighted by Gasteiger charge is -2.32. The van der Waals surface area contributed by atoms with Crippen LogP contribution in [-0.4, -0.2) is 28.8 Å². The molecule has 1 heterocycles. The summed E-state index contributed by atoms with van der Waals surface area (Å²) < 4.78 is 0. The molecule has 1 aromatic rings. The Morgan fingerprint density at radius 1 is 1.39 bits per heavy atom. The van der Waals surface area contributed by atoms with Gasteiger partial charge in [0.05, 0.1) is 5.60 Å². The van der Waals surface area contributed by atoms with Gasteiger partial charge in [-0.1, -0.05) is 0 Å². The van der Waals surface area contributed by atoms with Gasteiger partial charge in [0.25, 0.3) is 0 Å². The maximum absolute atomic E-state index is 9.99. The largest absolute Gasteiger partial charge is 0.389 e. The molecule has 0 saturated heterocycles. The van der Waals surface area contributed by atoms with E-state index in [0.717, 1.165) is 29.2 Å². The minimum Gasteiger partial charge on any atom is -0.389 e. The molecular formula is C14H25N3O. The van der Waals surface area contributed by atoms with Gasteiger partial charge < -0.3 is 15.7 Å². The molecule has 0 fully saturated rings. The summed E-state index contributed by atoms with van der Waals surface area (Å²) in [6.07, 6.45) is 0. The van der Waals surface area contributed by atoms with Crippen LogP contribution in [0.5, 0.6) is 0 Å². The molecule has 4 nitrogen and oxygen atoms in total. The average Bonchev–Trinajstić information content (AvgIpc) is 2.23. The summed E-state index contributed by atoms with van der Waals surface area (Å²) in [5.74, 6) is 0. The Bertz CT molecular complexity index is 410. The Kier molecular flexibility index (Phi) is 4.71. The standard InChI is InChI=1S/C14H25N3O/c1-6-17(9-14(4,5)18)13-7-10(2)16-11(3)12(13)8-15/h7,18H,6,8-9,15H2,1-5H3. The first-order valence-electron chi connectivity index (χ1n) is 6.43. The van der Waals surface area contributed by atoms with Gasteiger partial charge in [0.15, 0.2) is 0 Å². The highest BCUT2D eigenvalue weighted by Crippen LogP contribution is 2.25. The summed E-state index contributed by atoms with van der Waals surface area (Å²) in [4.78, 5) is 6.61. The van der Waals surface area contributed by atoms with Crippen molar-refractivity contribution in [2.24, 2.45) is 5.73 Å². The maximum Gasteiger partial charge on any atom is 0.0765 e. The van der Waals surface area contributed by atoms with E-state index in [1.807, 2.05) is 33.8 Å². The summed E-state index contributed by atoms with van der Waals surface area (Å²) in [5, 5.41) is 9.99. The lowest BCUT2D eigenvalue weighted by Crippen LogP contribution is -2.39. The number of pyridine rings is 1. The highest BCUT2D eigenvalue weighted by atomic mass is 16.3. The van der Waals surface area contributed by atoms with Crippen LogP contribution in [0.4, 0.5) is 5.69 Å². The van der Waals surface area contributed by atoms with Crippen LogP contribution < -0.4 is 10.6 Å². The Morgan fingerprint density at radius 3 is 2.44 bits per heavy atom. The Morgan fingerprint density at radius 2 is 2.00 bits per heavy atom. The number of aryl methyl sites for hydroxylation is 2. The van der Waals surface area contributed by atoms with E-state index in [2.05, 4.69) is 16.8 Å². The Hall–Kier alpha value is -1.13. The highest BCUT2D eigenvalue weighted by Gasteiger charge is 2.20. The molecule has 0 atom stereocenters. The molecule has 3 N–H and O–H groups in total. The third-order valence-corrected chi connectivity index (χ3v) is 2.94. The van der Waals surface area contributed by atoms with Crippen LogP contribution in [0.15, 0.2) is 6.07 Å². The molecule has 102 valence electrons. The summed E-state index contributed by atoms with van der Waals surface area (Å²) in [7, 11) is 0. The molecular weight excluding hydrogens is 226 g/mol. The van der Waals surface area contributed by atoms with Gasteiger partial charge in [0.2, 0.25) is 0 Å². The van der Waals surface area contributed by atoms with Crippen molar-refractivity contribution >= 4 is 5.69 Å². The fraction of sp³-hybridized carbons (Fsp3) is 0.643. The second kappa shape index (κ2) is 5.67. The number of aromatic nitrogens is 1. The van der Waals surface area contributed by atoms with Crippen molar-refractivity contribution in [3.05, 3.63) is 23.0 Å². The lowest BCUT2D eigenvalue weighted by atomic mass is 10.1. The summed E-state index contributed by atoms with van der Waals surface area (Å²) in [5.41, 5.74) is 9.21. The second-order valence-electron chi connectivity index (χ2n) is 5.38.